The smallest absolute Gasteiger partial charge is 0.285 e. The van der Waals surface area contributed by atoms with Gasteiger partial charge in [-0.05, 0) is 24.6 Å². The van der Waals surface area contributed by atoms with Crippen molar-refractivity contribution in [2.75, 3.05) is 5.32 Å². The molecule has 0 saturated heterocycles. The third kappa shape index (κ3) is 2.87. The van der Waals surface area contributed by atoms with Gasteiger partial charge in [-0.3, -0.25) is 4.79 Å². The molecule has 2 aromatic heterocycles. The molecule has 7 heteroatoms. The summed E-state index contributed by atoms with van der Waals surface area (Å²) in [5, 5.41) is 13.7. The number of benzene rings is 1. The Morgan fingerprint density at radius 2 is 2.14 bits per heavy atom. The highest BCUT2D eigenvalue weighted by molar-refractivity contribution is 6.32. The Labute approximate surface area is 131 Å². The zero-order valence-electron chi connectivity index (χ0n) is 11.9. The number of nitrogens with one attached hydrogen (secondary N) is 2. The van der Waals surface area contributed by atoms with Crippen molar-refractivity contribution >= 4 is 17.3 Å². The Bertz CT molecular complexity index is 855. The van der Waals surface area contributed by atoms with Gasteiger partial charge in [0.05, 0.1) is 23.3 Å². The van der Waals surface area contributed by atoms with E-state index in [0.29, 0.717) is 12.2 Å². The number of H-pyrrole nitrogens is 1. The average molecular weight is 316 g/mol. The topological polar surface area (TPSA) is 75.6 Å². The first kappa shape index (κ1) is 14.3. The fourth-order valence-corrected chi connectivity index (χ4v) is 2.29. The summed E-state index contributed by atoms with van der Waals surface area (Å²) in [5.41, 5.74) is 3.03. The van der Waals surface area contributed by atoms with Gasteiger partial charge in [-0.1, -0.05) is 29.8 Å². The lowest BCUT2D eigenvalue weighted by Gasteiger charge is -2.11. The van der Waals surface area contributed by atoms with Gasteiger partial charge in [-0.15, -0.1) is 0 Å². The summed E-state index contributed by atoms with van der Waals surface area (Å²) < 4.78 is 1.82. The maximum Gasteiger partial charge on any atom is 0.285 e. The SMILES string of the molecule is Cc1ccn(-c2ccccc2CNc2cn[nH]c(=O)c2Cl)n1. The third-order valence-electron chi connectivity index (χ3n) is 3.23. The molecular formula is C15H14ClN5O. The number of hydrogen-bond acceptors (Lipinski definition) is 4. The van der Waals surface area contributed by atoms with Crippen LogP contribution in [0.4, 0.5) is 5.69 Å². The molecular weight excluding hydrogens is 302 g/mol. The van der Waals surface area contributed by atoms with Crippen LogP contribution in [-0.2, 0) is 6.54 Å². The van der Waals surface area contributed by atoms with Crippen molar-refractivity contribution in [1.82, 2.24) is 20.0 Å². The van der Waals surface area contributed by atoms with Gasteiger partial charge in [0.1, 0.15) is 5.02 Å². The monoisotopic (exact) mass is 315 g/mol. The molecule has 2 heterocycles. The summed E-state index contributed by atoms with van der Waals surface area (Å²) in [4.78, 5) is 11.4. The van der Waals surface area contributed by atoms with E-state index in [9.17, 15) is 4.79 Å². The van der Waals surface area contributed by atoms with Crippen LogP contribution in [0.2, 0.25) is 5.02 Å². The number of aryl methyl sites for hydroxylation is 1. The zero-order valence-corrected chi connectivity index (χ0v) is 12.6. The third-order valence-corrected chi connectivity index (χ3v) is 3.60. The van der Waals surface area contributed by atoms with Crippen molar-refractivity contribution in [2.45, 2.75) is 13.5 Å². The average Bonchev–Trinajstić information content (AvgIpc) is 2.95. The maximum absolute atomic E-state index is 11.4. The lowest BCUT2D eigenvalue weighted by molar-refractivity contribution is 0.848. The molecule has 6 nitrogen and oxygen atoms in total. The number of halogens is 1. The molecule has 0 aliphatic carbocycles. The minimum Gasteiger partial charge on any atom is -0.378 e. The number of anilines is 1. The zero-order chi connectivity index (χ0) is 15.5. The highest BCUT2D eigenvalue weighted by Gasteiger charge is 2.08. The summed E-state index contributed by atoms with van der Waals surface area (Å²) in [6.07, 6.45) is 3.40. The number of rotatable bonds is 4. The Hall–Kier alpha value is -2.60. The van der Waals surface area contributed by atoms with Crippen molar-refractivity contribution < 1.29 is 0 Å². The second-order valence-corrected chi connectivity index (χ2v) is 5.19. The molecule has 0 unspecified atom stereocenters. The van der Waals surface area contributed by atoms with Crippen molar-refractivity contribution in [3.05, 3.63) is 69.4 Å². The van der Waals surface area contributed by atoms with E-state index in [1.807, 2.05) is 48.1 Å². The summed E-state index contributed by atoms with van der Waals surface area (Å²) in [6.45, 7) is 2.44. The largest absolute Gasteiger partial charge is 0.378 e. The van der Waals surface area contributed by atoms with E-state index in [1.165, 1.54) is 6.20 Å². The van der Waals surface area contributed by atoms with Gasteiger partial charge in [0.25, 0.3) is 5.56 Å². The molecule has 112 valence electrons. The maximum atomic E-state index is 11.4. The summed E-state index contributed by atoms with van der Waals surface area (Å²) in [7, 11) is 0. The van der Waals surface area contributed by atoms with E-state index in [2.05, 4.69) is 20.6 Å². The van der Waals surface area contributed by atoms with Crippen LogP contribution in [0.1, 0.15) is 11.3 Å². The highest BCUT2D eigenvalue weighted by Crippen LogP contribution is 2.19. The predicted octanol–water partition coefficient (Wildman–Crippen LogP) is 2.53. The fourth-order valence-electron chi connectivity index (χ4n) is 2.13. The van der Waals surface area contributed by atoms with Crippen molar-refractivity contribution in [3.8, 4) is 5.69 Å². The van der Waals surface area contributed by atoms with Crippen LogP contribution >= 0.6 is 11.6 Å². The first-order valence-electron chi connectivity index (χ1n) is 6.73. The second kappa shape index (κ2) is 6.03. The number of para-hydroxylation sites is 1. The molecule has 0 radical (unpaired) electrons. The van der Waals surface area contributed by atoms with Crippen molar-refractivity contribution in [2.24, 2.45) is 0 Å². The van der Waals surface area contributed by atoms with Gasteiger partial charge in [-0.2, -0.15) is 10.2 Å². The molecule has 0 aliphatic rings. The fraction of sp³-hybridized carbons (Fsp3) is 0.133. The predicted molar refractivity (Wildman–Crippen MR) is 85.5 cm³/mol. The molecule has 0 spiro atoms. The van der Waals surface area contributed by atoms with Crippen LogP contribution in [-0.4, -0.2) is 20.0 Å². The first-order valence-corrected chi connectivity index (χ1v) is 7.10. The van der Waals surface area contributed by atoms with E-state index in [0.717, 1.165) is 16.9 Å². The lowest BCUT2D eigenvalue weighted by atomic mass is 10.1. The molecule has 3 aromatic rings. The molecule has 0 atom stereocenters. The Kier molecular flexibility index (Phi) is 3.93. The van der Waals surface area contributed by atoms with Gasteiger partial charge in [-0.25, -0.2) is 9.78 Å². The Morgan fingerprint density at radius 3 is 2.91 bits per heavy atom. The van der Waals surface area contributed by atoms with E-state index in [-0.39, 0.29) is 5.02 Å². The number of aromatic nitrogens is 4. The summed E-state index contributed by atoms with van der Waals surface area (Å²) in [6, 6.07) is 9.84. The Balaban J connectivity index is 1.87. The minimum atomic E-state index is -0.414. The summed E-state index contributed by atoms with van der Waals surface area (Å²) >= 11 is 5.96. The van der Waals surface area contributed by atoms with Crippen molar-refractivity contribution in [1.29, 1.82) is 0 Å². The van der Waals surface area contributed by atoms with E-state index < -0.39 is 5.56 Å². The number of aromatic amines is 1. The van der Waals surface area contributed by atoms with Crippen LogP contribution in [0.3, 0.4) is 0 Å². The van der Waals surface area contributed by atoms with Crippen LogP contribution in [0.15, 0.2) is 47.5 Å². The molecule has 0 amide bonds. The highest BCUT2D eigenvalue weighted by atomic mass is 35.5. The van der Waals surface area contributed by atoms with E-state index in [4.69, 9.17) is 11.6 Å². The second-order valence-electron chi connectivity index (χ2n) is 4.81. The van der Waals surface area contributed by atoms with Crippen LogP contribution in [0.5, 0.6) is 0 Å². The Morgan fingerprint density at radius 1 is 1.32 bits per heavy atom. The standard InChI is InChI=1S/C15H14ClN5O/c1-10-6-7-21(20-10)13-5-3-2-4-11(13)8-17-12-9-18-19-15(22)14(12)16/h2-7,9H,8H2,1H3,(H2,17,19,22). The number of hydrogen-bond donors (Lipinski definition) is 2. The van der Waals surface area contributed by atoms with Gasteiger partial charge < -0.3 is 5.32 Å². The van der Waals surface area contributed by atoms with Gasteiger partial charge in [0.15, 0.2) is 0 Å². The van der Waals surface area contributed by atoms with Gasteiger partial charge in [0.2, 0.25) is 0 Å². The molecule has 22 heavy (non-hydrogen) atoms. The molecule has 0 bridgehead atoms. The van der Waals surface area contributed by atoms with Gasteiger partial charge in [0, 0.05) is 12.7 Å². The molecule has 1 aromatic carbocycles. The van der Waals surface area contributed by atoms with Crippen molar-refractivity contribution in [3.63, 3.8) is 0 Å². The normalized spacial score (nSPS) is 10.6. The van der Waals surface area contributed by atoms with Crippen LogP contribution < -0.4 is 10.9 Å². The molecule has 0 saturated carbocycles. The van der Waals surface area contributed by atoms with E-state index in [1.54, 1.807) is 0 Å². The summed E-state index contributed by atoms with van der Waals surface area (Å²) in [5.74, 6) is 0. The molecule has 0 aliphatic heterocycles. The van der Waals surface area contributed by atoms with Crippen LogP contribution in [0.25, 0.3) is 5.69 Å². The molecule has 3 rings (SSSR count). The first-order chi connectivity index (χ1) is 10.6. The number of nitrogens with zero attached hydrogens (tertiary/aromatic N) is 3. The molecule has 2 N–H and O–H groups in total. The quantitative estimate of drug-likeness (QED) is 0.775. The van der Waals surface area contributed by atoms with E-state index >= 15 is 0 Å². The van der Waals surface area contributed by atoms with Crippen LogP contribution in [0, 0.1) is 6.92 Å². The lowest BCUT2D eigenvalue weighted by Crippen LogP contribution is -2.12. The minimum absolute atomic E-state index is 0.0995. The van der Waals surface area contributed by atoms with Gasteiger partial charge >= 0.3 is 0 Å². The molecule has 0 fully saturated rings.